The second kappa shape index (κ2) is 7.77. The number of carbonyl (C=O) groups excluding carboxylic acids is 1. The van der Waals surface area contributed by atoms with Gasteiger partial charge in [0, 0.05) is 17.6 Å². The Morgan fingerprint density at radius 2 is 2.04 bits per heavy atom. The zero-order valence-corrected chi connectivity index (χ0v) is 15.8. The Labute approximate surface area is 165 Å². The molecule has 1 amide bonds. The van der Waals surface area contributed by atoms with E-state index in [-0.39, 0.29) is 18.9 Å². The zero-order chi connectivity index (χ0) is 19.5. The average Bonchev–Trinajstić information content (AvgIpc) is 3.35. The molecule has 8 nitrogen and oxygen atoms in total. The van der Waals surface area contributed by atoms with Crippen molar-refractivity contribution in [1.29, 1.82) is 0 Å². The van der Waals surface area contributed by atoms with E-state index in [1.165, 1.54) is 0 Å². The molecule has 1 N–H and O–H groups in total. The first-order valence-electron chi connectivity index (χ1n) is 8.80. The molecule has 9 heteroatoms. The van der Waals surface area contributed by atoms with Crippen LogP contribution in [0.3, 0.4) is 0 Å². The lowest BCUT2D eigenvalue weighted by Crippen LogP contribution is -2.25. The van der Waals surface area contributed by atoms with Crippen LogP contribution in [0.1, 0.15) is 24.1 Å². The third-order valence-electron chi connectivity index (χ3n) is 4.24. The molecule has 1 aromatic carbocycles. The van der Waals surface area contributed by atoms with Crippen molar-refractivity contribution in [2.24, 2.45) is 0 Å². The summed E-state index contributed by atoms with van der Waals surface area (Å²) in [6, 6.07) is 10.9. The number of hydrogen-bond acceptors (Lipinski definition) is 6. The molecule has 0 aliphatic rings. The van der Waals surface area contributed by atoms with Crippen molar-refractivity contribution in [3.05, 3.63) is 64.8 Å². The highest BCUT2D eigenvalue weighted by atomic mass is 35.5. The quantitative estimate of drug-likeness (QED) is 0.538. The maximum Gasteiger partial charge on any atom is 0.261 e. The maximum atomic E-state index is 12.2. The minimum atomic E-state index is -0.111. The molecule has 3 heterocycles. The molecule has 0 atom stereocenters. The number of rotatable bonds is 6. The summed E-state index contributed by atoms with van der Waals surface area (Å²) in [6.07, 6.45) is 2.78. The van der Waals surface area contributed by atoms with Gasteiger partial charge in [0.05, 0.1) is 18.5 Å². The van der Waals surface area contributed by atoms with Gasteiger partial charge in [0.25, 0.3) is 5.89 Å². The molecule has 0 aliphatic heterocycles. The Kier molecular flexibility index (Phi) is 5.03. The van der Waals surface area contributed by atoms with Crippen LogP contribution in [0.25, 0.3) is 17.1 Å². The topological polar surface area (TPSA) is 98.2 Å². The Hall–Kier alpha value is -3.26. The molecule has 4 rings (SSSR count). The molecule has 0 saturated heterocycles. The number of fused-ring (bicyclic) bond motifs is 1. The number of carbonyl (C=O) groups is 1. The minimum Gasteiger partial charge on any atom is -0.348 e. The van der Waals surface area contributed by atoms with Crippen LogP contribution in [0.4, 0.5) is 0 Å². The number of pyridine rings is 1. The van der Waals surface area contributed by atoms with Gasteiger partial charge in [-0.1, -0.05) is 35.8 Å². The molecule has 0 saturated carbocycles. The van der Waals surface area contributed by atoms with Crippen molar-refractivity contribution in [2.75, 3.05) is 0 Å². The predicted octanol–water partition coefficient (Wildman–Crippen LogP) is 2.85. The van der Waals surface area contributed by atoms with Gasteiger partial charge in [0.15, 0.2) is 17.3 Å². The highest BCUT2D eigenvalue weighted by Crippen LogP contribution is 2.22. The van der Waals surface area contributed by atoms with E-state index < -0.39 is 0 Å². The van der Waals surface area contributed by atoms with E-state index in [0.29, 0.717) is 40.2 Å². The molecular formula is C19H17ClN6O2. The van der Waals surface area contributed by atoms with Gasteiger partial charge in [-0.05, 0) is 29.8 Å². The summed E-state index contributed by atoms with van der Waals surface area (Å²) in [5.74, 6) is 1.52. The van der Waals surface area contributed by atoms with Crippen molar-refractivity contribution in [2.45, 2.75) is 26.3 Å². The number of aromatic nitrogens is 5. The summed E-state index contributed by atoms with van der Waals surface area (Å²) >= 11 is 5.87. The monoisotopic (exact) mass is 396 g/mol. The maximum absolute atomic E-state index is 12.2. The highest BCUT2D eigenvalue weighted by molar-refractivity contribution is 6.30. The smallest absolute Gasteiger partial charge is 0.261 e. The molecule has 3 aromatic heterocycles. The molecule has 0 radical (unpaired) electrons. The van der Waals surface area contributed by atoms with Crippen molar-refractivity contribution < 1.29 is 9.32 Å². The second-order valence-corrected chi connectivity index (χ2v) is 6.62. The summed E-state index contributed by atoms with van der Waals surface area (Å²) in [6.45, 7) is 2.21. The molecule has 4 aromatic rings. The largest absolute Gasteiger partial charge is 0.348 e. The lowest BCUT2D eigenvalue weighted by molar-refractivity contribution is -0.120. The van der Waals surface area contributed by atoms with Crippen LogP contribution in [-0.4, -0.2) is 30.6 Å². The first-order valence-corrected chi connectivity index (χ1v) is 9.18. The van der Waals surface area contributed by atoms with Crippen molar-refractivity contribution >= 4 is 23.2 Å². The van der Waals surface area contributed by atoms with Crippen LogP contribution >= 0.6 is 11.6 Å². The number of halogens is 1. The molecule has 0 fully saturated rings. The molecule has 0 unspecified atom stereocenters. The summed E-state index contributed by atoms with van der Waals surface area (Å²) in [5, 5.41) is 15.8. The van der Waals surface area contributed by atoms with E-state index in [9.17, 15) is 4.79 Å². The van der Waals surface area contributed by atoms with Gasteiger partial charge < -0.3 is 9.84 Å². The van der Waals surface area contributed by atoms with Crippen LogP contribution in [0.2, 0.25) is 5.02 Å². The van der Waals surface area contributed by atoms with E-state index >= 15 is 0 Å². The summed E-state index contributed by atoms with van der Waals surface area (Å²) in [7, 11) is 0. The minimum absolute atomic E-state index is 0.111. The van der Waals surface area contributed by atoms with Crippen molar-refractivity contribution in [3.63, 3.8) is 0 Å². The predicted molar refractivity (Wildman–Crippen MR) is 103 cm³/mol. The molecule has 142 valence electrons. The lowest BCUT2D eigenvalue weighted by atomic mass is 10.1. The van der Waals surface area contributed by atoms with Gasteiger partial charge in [0.1, 0.15) is 0 Å². The summed E-state index contributed by atoms with van der Waals surface area (Å²) in [5.41, 5.74) is 2.18. The van der Waals surface area contributed by atoms with E-state index in [0.717, 1.165) is 5.56 Å². The first kappa shape index (κ1) is 18.1. The van der Waals surface area contributed by atoms with E-state index in [2.05, 4.69) is 25.7 Å². The van der Waals surface area contributed by atoms with E-state index in [4.69, 9.17) is 16.1 Å². The van der Waals surface area contributed by atoms with Crippen molar-refractivity contribution in [1.82, 2.24) is 30.1 Å². The third-order valence-corrected chi connectivity index (χ3v) is 4.49. The van der Waals surface area contributed by atoms with E-state index in [1.807, 2.05) is 37.4 Å². The Balaban J connectivity index is 1.49. The van der Waals surface area contributed by atoms with Gasteiger partial charge in [-0.2, -0.15) is 4.98 Å². The summed E-state index contributed by atoms with van der Waals surface area (Å²) in [4.78, 5) is 16.6. The number of benzene rings is 1. The lowest BCUT2D eigenvalue weighted by Gasteiger charge is -2.05. The number of nitrogens with one attached hydrogen (secondary N) is 1. The SMILES string of the molecule is CCc1noc(-c2cccn3c(CNC(=O)Cc4ccc(Cl)cc4)nnc23)n1. The van der Waals surface area contributed by atoms with Crippen LogP contribution < -0.4 is 5.32 Å². The Morgan fingerprint density at radius 1 is 1.21 bits per heavy atom. The fourth-order valence-corrected chi connectivity index (χ4v) is 2.91. The average molecular weight is 397 g/mol. The second-order valence-electron chi connectivity index (χ2n) is 6.18. The Bertz CT molecular complexity index is 1120. The molecule has 0 aliphatic carbocycles. The molecular weight excluding hydrogens is 380 g/mol. The van der Waals surface area contributed by atoms with Gasteiger partial charge in [-0.3, -0.25) is 9.20 Å². The first-order chi connectivity index (χ1) is 13.6. The standard InChI is InChI=1S/C19H17ClN6O2/c1-2-15-22-19(28-25-15)14-4-3-9-26-16(23-24-18(14)26)11-21-17(27)10-12-5-7-13(20)8-6-12/h3-9H,2,10-11H2,1H3,(H,21,27). The highest BCUT2D eigenvalue weighted by Gasteiger charge is 2.16. The van der Waals surface area contributed by atoms with E-state index in [1.54, 1.807) is 16.5 Å². The fraction of sp³-hybridized carbons (Fsp3) is 0.211. The number of hydrogen-bond donors (Lipinski definition) is 1. The van der Waals surface area contributed by atoms with Crippen LogP contribution in [0, 0.1) is 0 Å². The van der Waals surface area contributed by atoms with Crippen molar-refractivity contribution in [3.8, 4) is 11.5 Å². The summed E-state index contributed by atoms with van der Waals surface area (Å²) < 4.78 is 7.11. The van der Waals surface area contributed by atoms with Crippen LogP contribution in [0.5, 0.6) is 0 Å². The van der Waals surface area contributed by atoms with Gasteiger partial charge in [0.2, 0.25) is 5.91 Å². The number of nitrogens with zero attached hydrogens (tertiary/aromatic N) is 5. The van der Waals surface area contributed by atoms with Crippen LogP contribution in [-0.2, 0) is 24.2 Å². The van der Waals surface area contributed by atoms with Gasteiger partial charge >= 0.3 is 0 Å². The molecule has 0 spiro atoms. The van der Waals surface area contributed by atoms with Crippen LogP contribution in [0.15, 0.2) is 47.1 Å². The third kappa shape index (κ3) is 3.72. The number of amides is 1. The number of aryl methyl sites for hydroxylation is 1. The van der Waals surface area contributed by atoms with Gasteiger partial charge in [-0.15, -0.1) is 10.2 Å². The van der Waals surface area contributed by atoms with Gasteiger partial charge in [-0.25, -0.2) is 0 Å². The Morgan fingerprint density at radius 3 is 2.79 bits per heavy atom. The molecule has 28 heavy (non-hydrogen) atoms. The normalized spacial score (nSPS) is 11.1. The zero-order valence-electron chi connectivity index (χ0n) is 15.1. The fourth-order valence-electron chi connectivity index (χ4n) is 2.79. The molecule has 0 bridgehead atoms.